The van der Waals surface area contributed by atoms with Crippen molar-refractivity contribution in [2.75, 3.05) is 0 Å². The Bertz CT molecular complexity index is 771. The molecule has 0 spiro atoms. The predicted molar refractivity (Wildman–Crippen MR) is 101 cm³/mol. The summed E-state index contributed by atoms with van der Waals surface area (Å²) in [4.78, 5) is 14.6. The SMILES string of the molecule is CC(C)Oc1ccc(Cl)cc1CNC(=O)N(Cc1cnn(C)c1)C1CC1. The van der Waals surface area contributed by atoms with Crippen molar-refractivity contribution in [3.05, 3.63) is 46.7 Å². The molecule has 0 unspecified atom stereocenters. The fraction of sp³-hybridized carbons (Fsp3) is 0.474. The Morgan fingerprint density at radius 2 is 2.23 bits per heavy atom. The monoisotopic (exact) mass is 376 g/mol. The van der Waals surface area contributed by atoms with E-state index < -0.39 is 0 Å². The fourth-order valence-electron chi connectivity index (χ4n) is 2.83. The van der Waals surface area contributed by atoms with Gasteiger partial charge in [0.25, 0.3) is 0 Å². The maximum absolute atomic E-state index is 12.7. The molecule has 1 aromatic heterocycles. The van der Waals surface area contributed by atoms with Crippen LogP contribution in [0.2, 0.25) is 5.02 Å². The standard InChI is InChI=1S/C19H25ClN4O2/c1-13(2)26-18-7-4-16(20)8-15(18)10-21-19(25)24(17-5-6-17)12-14-9-22-23(3)11-14/h4,7-9,11,13,17H,5-6,10,12H2,1-3H3,(H,21,25). The summed E-state index contributed by atoms with van der Waals surface area (Å²) < 4.78 is 7.57. The van der Waals surface area contributed by atoms with E-state index in [0.717, 1.165) is 29.7 Å². The van der Waals surface area contributed by atoms with Gasteiger partial charge in [-0.1, -0.05) is 11.6 Å². The molecule has 7 heteroatoms. The second-order valence-electron chi connectivity index (χ2n) is 6.96. The van der Waals surface area contributed by atoms with Gasteiger partial charge >= 0.3 is 6.03 Å². The van der Waals surface area contributed by atoms with E-state index in [4.69, 9.17) is 16.3 Å². The molecule has 2 aromatic rings. The molecule has 0 saturated heterocycles. The first kappa shape index (κ1) is 18.6. The molecule has 1 saturated carbocycles. The minimum atomic E-state index is -0.0770. The molecule has 1 heterocycles. The molecule has 0 atom stereocenters. The number of carbonyl (C=O) groups is 1. The molecule has 2 amide bonds. The molecule has 0 aliphatic heterocycles. The van der Waals surface area contributed by atoms with Crippen molar-refractivity contribution in [1.29, 1.82) is 0 Å². The highest BCUT2D eigenvalue weighted by Gasteiger charge is 2.32. The Hall–Kier alpha value is -2.21. The van der Waals surface area contributed by atoms with Crippen LogP contribution in [-0.2, 0) is 20.1 Å². The molecule has 26 heavy (non-hydrogen) atoms. The number of hydrogen-bond acceptors (Lipinski definition) is 3. The van der Waals surface area contributed by atoms with E-state index in [0.29, 0.717) is 24.2 Å². The smallest absolute Gasteiger partial charge is 0.318 e. The summed E-state index contributed by atoms with van der Waals surface area (Å²) in [5.41, 5.74) is 1.90. The molecule has 3 rings (SSSR count). The third-order valence-electron chi connectivity index (χ3n) is 4.18. The van der Waals surface area contributed by atoms with Crippen LogP contribution in [0.15, 0.2) is 30.6 Å². The zero-order chi connectivity index (χ0) is 18.7. The lowest BCUT2D eigenvalue weighted by Gasteiger charge is -2.23. The van der Waals surface area contributed by atoms with Crippen LogP contribution in [0, 0.1) is 0 Å². The Morgan fingerprint density at radius 1 is 1.46 bits per heavy atom. The van der Waals surface area contributed by atoms with Gasteiger partial charge in [0.1, 0.15) is 5.75 Å². The van der Waals surface area contributed by atoms with Gasteiger partial charge in [0.05, 0.1) is 18.8 Å². The van der Waals surface area contributed by atoms with Gasteiger partial charge in [0.2, 0.25) is 0 Å². The van der Waals surface area contributed by atoms with Gasteiger partial charge in [-0.2, -0.15) is 5.10 Å². The zero-order valence-corrected chi connectivity index (χ0v) is 16.2. The summed E-state index contributed by atoms with van der Waals surface area (Å²) in [6.45, 7) is 4.88. The predicted octanol–water partition coefficient (Wildman–Crippen LogP) is 3.73. The van der Waals surface area contributed by atoms with E-state index in [9.17, 15) is 4.79 Å². The lowest BCUT2D eigenvalue weighted by Crippen LogP contribution is -2.40. The van der Waals surface area contributed by atoms with E-state index in [1.54, 1.807) is 16.9 Å². The first-order valence-electron chi connectivity index (χ1n) is 8.89. The molecule has 1 fully saturated rings. The van der Waals surface area contributed by atoms with Crippen LogP contribution >= 0.6 is 11.6 Å². The van der Waals surface area contributed by atoms with Crippen LogP contribution in [0.4, 0.5) is 4.79 Å². The Morgan fingerprint density at radius 3 is 2.85 bits per heavy atom. The number of ether oxygens (including phenoxy) is 1. The zero-order valence-electron chi connectivity index (χ0n) is 15.4. The van der Waals surface area contributed by atoms with Crippen LogP contribution in [-0.4, -0.2) is 32.9 Å². The van der Waals surface area contributed by atoms with Gasteiger partial charge in [-0.3, -0.25) is 4.68 Å². The second-order valence-corrected chi connectivity index (χ2v) is 7.40. The van der Waals surface area contributed by atoms with Crippen LogP contribution in [0.3, 0.4) is 0 Å². The van der Waals surface area contributed by atoms with E-state index in [2.05, 4.69) is 10.4 Å². The molecule has 140 valence electrons. The number of carbonyl (C=O) groups excluding carboxylic acids is 1. The number of benzene rings is 1. The third-order valence-corrected chi connectivity index (χ3v) is 4.41. The van der Waals surface area contributed by atoms with Crippen LogP contribution in [0.5, 0.6) is 5.75 Å². The van der Waals surface area contributed by atoms with Crippen molar-refractivity contribution >= 4 is 17.6 Å². The number of halogens is 1. The average molecular weight is 377 g/mol. The molecule has 1 aliphatic rings. The third kappa shape index (κ3) is 4.91. The highest BCUT2D eigenvalue weighted by molar-refractivity contribution is 6.30. The van der Waals surface area contributed by atoms with E-state index in [1.807, 2.05) is 44.1 Å². The fourth-order valence-corrected chi connectivity index (χ4v) is 3.03. The normalized spacial score (nSPS) is 13.7. The number of rotatable bonds is 7. The van der Waals surface area contributed by atoms with Crippen molar-refractivity contribution in [3.63, 3.8) is 0 Å². The summed E-state index contributed by atoms with van der Waals surface area (Å²) >= 11 is 6.11. The molecular weight excluding hydrogens is 352 g/mol. The summed E-state index contributed by atoms with van der Waals surface area (Å²) in [7, 11) is 1.88. The topological polar surface area (TPSA) is 59.4 Å². The number of amides is 2. The molecule has 0 bridgehead atoms. The lowest BCUT2D eigenvalue weighted by atomic mass is 10.2. The molecule has 6 nitrogen and oxygen atoms in total. The van der Waals surface area contributed by atoms with Gasteiger partial charge < -0.3 is 15.0 Å². The average Bonchev–Trinajstić information content (AvgIpc) is 3.34. The van der Waals surface area contributed by atoms with E-state index in [1.165, 1.54) is 0 Å². The summed E-state index contributed by atoms with van der Waals surface area (Å²) in [6.07, 6.45) is 5.89. The van der Waals surface area contributed by atoms with Crippen molar-refractivity contribution in [2.45, 2.75) is 51.9 Å². The van der Waals surface area contributed by atoms with Gasteiger partial charge in [0.15, 0.2) is 0 Å². The highest BCUT2D eigenvalue weighted by atomic mass is 35.5. The number of urea groups is 1. The van der Waals surface area contributed by atoms with E-state index in [-0.39, 0.29) is 12.1 Å². The number of aromatic nitrogens is 2. The van der Waals surface area contributed by atoms with E-state index >= 15 is 0 Å². The minimum absolute atomic E-state index is 0.0548. The van der Waals surface area contributed by atoms with Crippen LogP contribution in [0.25, 0.3) is 0 Å². The minimum Gasteiger partial charge on any atom is -0.491 e. The van der Waals surface area contributed by atoms with Crippen molar-refractivity contribution < 1.29 is 9.53 Å². The summed E-state index contributed by atoms with van der Waals surface area (Å²) in [5, 5.41) is 7.81. The summed E-state index contributed by atoms with van der Waals surface area (Å²) in [6, 6.07) is 5.71. The molecule has 1 aromatic carbocycles. The van der Waals surface area contributed by atoms with Crippen molar-refractivity contribution in [1.82, 2.24) is 20.0 Å². The maximum atomic E-state index is 12.7. The van der Waals surface area contributed by atoms with Gasteiger partial charge in [-0.15, -0.1) is 0 Å². The molecule has 0 radical (unpaired) electrons. The van der Waals surface area contributed by atoms with Gasteiger partial charge in [0, 0.05) is 42.0 Å². The first-order chi connectivity index (χ1) is 12.4. The quantitative estimate of drug-likeness (QED) is 0.800. The molecule has 1 aliphatic carbocycles. The lowest BCUT2D eigenvalue weighted by molar-refractivity contribution is 0.191. The number of nitrogens with one attached hydrogen (secondary N) is 1. The highest BCUT2D eigenvalue weighted by Crippen LogP contribution is 2.29. The molecular formula is C19H25ClN4O2. The Kier molecular flexibility index (Phi) is 5.71. The van der Waals surface area contributed by atoms with Crippen molar-refractivity contribution in [2.24, 2.45) is 7.05 Å². The van der Waals surface area contributed by atoms with Crippen molar-refractivity contribution in [3.8, 4) is 5.75 Å². The first-order valence-corrected chi connectivity index (χ1v) is 9.27. The van der Waals surface area contributed by atoms with Gasteiger partial charge in [-0.05, 0) is 44.9 Å². The Balaban J connectivity index is 1.66. The maximum Gasteiger partial charge on any atom is 0.318 e. The number of hydrogen-bond donors (Lipinski definition) is 1. The largest absolute Gasteiger partial charge is 0.491 e. The molecule has 1 N–H and O–H groups in total. The van der Waals surface area contributed by atoms with Gasteiger partial charge in [-0.25, -0.2) is 4.79 Å². The summed E-state index contributed by atoms with van der Waals surface area (Å²) in [5.74, 6) is 0.745. The van der Waals surface area contributed by atoms with Crippen LogP contribution in [0.1, 0.15) is 37.8 Å². The number of aryl methyl sites for hydroxylation is 1. The number of nitrogens with zero attached hydrogens (tertiary/aromatic N) is 3. The Labute approximate surface area is 159 Å². The van der Waals surface area contributed by atoms with Crippen LogP contribution < -0.4 is 10.1 Å². The second kappa shape index (κ2) is 7.99.